The maximum absolute atomic E-state index is 11.8. The molecular formula is C10H9N3O3. The summed E-state index contributed by atoms with van der Waals surface area (Å²) in [5, 5.41) is 2.86. The molecule has 82 valence electrons. The van der Waals surface area contributed by atoms with Crippen molar-refractivity contribution in [1.29, 1.82) is 0 Å². The molecule has 0 saturated carbocycles. The summed E-state index contributed by atoms with van der Waals surface area (Å²) in [6, 6.07) is 6.63. The minimum Gasteiger partial charge on any atom is -0.368 e. The Kier molecular flexibility index (Phi) is 2.40. The second-order valence-electron chi connectivity index (χ2n) is 3.47. The fourth-order valence-electron chi connectivity index (χ4n) is 1.79. The van der Waals surface area contributed by atoms with Gasteiger partial charge in [-0.1, -0.05) is 18.2 Å². The van der Waals surface area contributed by atoms with Crippen molar-refractivity contribution in [3.05, 3.63) is 40.3 Å². The van der Waals surface area contributed by atoms with Crippen LogP contribution in [-0.4, -0.2) is 23.3 Å². The van der Waals surface area contributed by atoms with Gasteiger partial charge in [0.25, 0.3) is 5.91 Å². The number of rotatable bonds is 3. The zero-order valence-corrected chi connectivity index (χ0v) is 8.29. The standard InChI is InChI=1S/C10H9N3O3/c11-8(14)5-13-9(12-16)6-3-1-2-4-7(6)10(13)15/h1-4,9H,5H2,(H2,11,14). The number of nitroso groups, excluding NO2 is 1. The number of primary amides is 1. The highest BCUT2D eigenvalue weighted by Crippen LogP contribution is 2.33. The van der Waals surface area contributed by atoms with Crippen molar-refractivity contribution in [3.8, 4) is 0 Å². The highest BCUT2D eigenvalue weighted by atomic mass is 16.3. The summed E-state index contributed by atoms with van der Waals surface area (Å²) >= 11 is 0. The van der Waals surface area contributed by atoms with Gasteiger partial charge in [0.2, 0.25) is 5.91 Å². The van der Waals surface area contributed by atoms with Crippen LogP contribution in [0.5, 0.6) is 0 Å². The molecule has 1 unspecified atom stereocenters. The predicted molar refractivity (Wildman–Crippen MR) is 55.2 cm³/mol. The van der Waals surface area contributed by atoms with Gasteiger partial charge in [0.1, 0.15) is 6.54 Å². The SMILES string of the molecule is NC(=O)CN1C(=O)c2ccccc2C1N=O. The summed E-state index contributed by atoms with van der Waals surface area (Å²) in [6.07, 6.45) is -0.948. The van der Waals surface area contributed by atoms with E-state index in [2.05, 4.69) is 5.18 Å². The van der Waals surface area contributed by atoms with Crippen LogP contribution in [0.15, 0.2) is 29.4 Å². The summed E-state index contributed by atoms with van der Waals surface area (Å²) in [5.74, 6) is -1.06. The molecule has 6 nitrogen and oxygen atoms in total. The maximum atomic E-state index is 11.8. The predicted octanol–water partition coefficient (Wildman–Crippen LogP) is 0.393. The molecule has 0 radical (unpaired) electrons. The summed E-state index contributed by atoms with van der Waals surface area (Å²) < 4.78 is 0. The minimum atomic E-state index is -0.948. The van der Waals surface area contributed by atoms with E-state index in [-0.39, 0.29) is 12.5 Å². The Morgan fingerprint density at radius 1 is 1.44 bits per heavy atom. The molecule has 0 aromatic heterocycles. The lowest BCUT2D eigenvalue weighted by Gasteiger charge is -2.17. The van der Waals surface area contributed by atoms with Crippen molar-refractivity contribution in [2.75, 3.05) is 6.54 Å². The number of amides is 2. The molecule has 2 N–H and O–H groups in total. The fourth-order valence-corrected chi connectivity index (χ4v) is 1.79. The molecule has 1 aromatic carbocycles. The quantitative estimate of drug-likeness (QED) is 0.745. The lowest BCUT2D eigenvalue weighted by molar-refractivity contribution is -0.119. The van der Waals surface area contributed by atoms with Crippen LogP contribution in [-0.2, 0) is 4.79 Å². The smallest absolute Gasteiger partial charge is 0.256 e. The largest absolute Gasteiger partial charge is 0.368 e. The van der Waals surface area contributed by atoms with Crippen molar-refractivity contribution in [3.63, 3.8) is 0 Å². The molecule has 1 aliphatic rings. The fraction of sp³-hybridized carbons (Fsp3) is 0.200. The van der Waals surface area contributed by atoms with Crippen molar-refractivity contribution < 1.29 is 9.59 Å². The first-order chi connectivity index (χ1) is 7.65. The Morgan fingerprint density at radius 2 is 2.12 bits per heavy atom. The Hall–Kier alpha value is -2.24. The molecule has 6 heteroatoms. The van der Waals surface area contributed by atoms with Gasteiger partial charge >= 0.3 is 0 Å². The monoisotopic (exact) mass is 219 g/mol. The van der Waals surface area contributed by atoms with Gasteiger partial charge in [-0.3, -0.25) is 9.59 Å². The molecular weight excluding hydrogens is 210 g/mol. The maximum Gasteiger partial charge on any atom is 0.256 e. The number of carbonyl (C=O) groups is 2. The summed E-state index contributed by atoms with van der Waals surface area (Å²) in [6.45, 7) is -0.302. The van der Waals surface area contributed by atoms with Crippen molar-refractivity contribution in [2.45, 2.75) is 6.17 Å². The number of fused-ring (bicyclic) bond motifs is 1. The van der Waals surface area contributed by atoms with Crippen LogP contribution in [0.25, 0.3) is 0 Å². The van der Waals surface area contributed by atoms with Gasteiger partial charge in [0, 0.05) is 11.1 Å². The van der Waals surface area contributed by atoms with Crippen LogP contribution >= 0.6 is 0 Å². The lowest BCUT2D eigenvalue weighted by atomic mass is 10.1. The molecule has 1 aromatic rings. The number of carbonyl (C=O) groups excluding carboxylic acids is 2. The Balaban J connectivity index is 2.43. The number of hydrogen-bond acceptors (Lipinski definition) is 4. The van der Waals surface area contributed by atoms with E-state index < -0.39 is 12.1 Å². The molecule has 0 bridgehead atoms. The first-order valence-corrected chi connectivity index (χ1v) is 4.66. The molecule has 2 rings (SSSR count). The molecule has 0 spiro atoms. The first kappa shape index (κ1) is 10.3. The van der Waals surface area contributed by atoms with Crippen molar-refractivity contribution >= 4 is 11.8 Å². The van der Waals surface area contributed by atoms with Crippen LogP contribution < -0.4 is 5.73 Å². The molecule has 2 amide bonds. The van der Waals surface area contributed by atoms with Crippen molar-refractivity contribution in [1.82, 2.24) is 4.90 Å². The summed E-state index contributed by atoms with van der Waals surface area (Å²) in [5.41, 5.74) is 5.92. The number of nitrogens with zero attached hydrogens (tertiary/aromatic N) is 2. The van der Waals surface area contributed by atoms with Gasteiger partial charge in [-0.05, 0) is 11.2 Å². The van der Waals surface area contributed by atoms with E-state index in [0.29, 0.717) is 11.1 Å². The van der Waals surface area contributed by atoms with Gasteiger partial charge in [0.15, 0.2) is 6.17 Å². The number of hydrogen-bond donors (Lipinski definition) is 1. The zero-order chi connectivity index (χ0) is 11.7. The minimum absolute atomic E-state index is 0.302. The highest BCUT2D eigenvalue weighted by molar-refractivity contribution is 6.00. The van der Waals surface area contributed by atoms with Crippen LogP contribution in [0.3, 0.4) is 0 Å². The molecule has 0 fully saturated rings. The summed E-state index contributed by atoms with van der Waals surface area (Å²) in [4.78, 5) is 34.4. The van der Waals surface area contributed by atoms with Gasteiger partial charge in [-0.25, -0.2) is 0 Å². The highest BCUT2D eigenvalue weighted by Gasteiger charge is 2.37. The third-order valence-electron chi connectivity index (χ3n) is 2.45. The van der Waals surface area contributed by atoms with Crippen LogP contribution in [0.4, 0.5) is 0 Å². The Bertz CT molecular complexity index is 472. The van der Waals surface area contributed by atoms with E-state index >= 15 is 0 Å². The molecule has 16 heavy (non-hydrogen) atoms. The lowest BCUT2D eigenvalue weighted by Crippen LogP contribution is -2.35. The van der Waals surface area contributed by atoms with Crippen LogP contribution in [0.1, 0.15) is 22.1 Å². The average Bonchev–Trinajstić information content (AvgIpc) is 2.52. The first-order valence-electron chi connectivity index (χ1n) is 4.66. The van der Waals surface area contributed by atoms with Gasteiger partial charge in [-0.15, -0.1) is 4.91 Å². The number of benzene rings is 1. The number of nitrogens with two attached hydrogens (primary N) is 1. The topological polar surface area (TPSA) is 92.8 Å². The van der Waals surface area contributed by atoms with Crippen molar-refractivity contribution in [2.24, 2.45) is 10.9 Å². The second-order valence-corrected chi connectivity index (χ2v) is 3.47. The van der Waals surface area contributed by atoms with E-state index in [4.69, 9.17) is 5.73 Å². The second kappa shape index (κ2) is 3.73. The summed E-state index contributed by atoms with van der Waals surface area (Å²) in [7, 11) is 0. The molecule has 0 aliphatic carbocycles. The third-order valence-corrected chi connectivity index (χ3v) is 2.45. The Labute approximate surface area is 91.0 Å². The van der Waals surface area contributed by atoms with E-state index in [1.807, 2.05) is 0 Å². The molecule has 1 atom stereocenters. The molecule has 1 aliphatic heterocycles. The van der Waals surface area contributed by atoms with Gasteiger partial charge < -0.3 is 10.6 Å². The average molecular weight is 219 g/mol. The van der Waals surface area contributed by atoms with E-state index in [1.54, 1.807) is 24.3 Å². The normalized spacial score (nSPS) is 18.4. The van der Waals surface area contributed by atoms with E-state index in [1.165, 1.54) is 0 Å². The molecule has 0 saturated heterocycles. The van der Waals surface area contributed by atoms with E-state index in [0.717, 1.165) is 4.90 Å². The van der Waals surface area contributed by atoms with Gasteiger partial charge in [-0.2, -0.15) is 0 Å². The van der Waals surface area contributed by atoms with E-state index in [9.17, 15) is 14.5 Å². The molecule has 1 heterocycles. The Morgan fingerprint density at radius 3 is 2.75 bits per heavy atom. The zero-order valence-electron chi connectivity index (χ0n) is 8.29. The third kappa shape index (κ3) is 1.44. The van der Waals surface area contributed by atoms with Crippen LogP contribution in [0, 0.1) is 4.91 Å². The van der Waals surface area contributed by atoms with Crippen LogP contribution in [0.2, 0.25) is 0 Å². The van der Waals surface area contributed by atoms with Gasteiger partial charge in [0.05, 0.1) is 0 Å².